The van der Waals surface area contributed by atoms with E-state index in [1.807, 2.05) is 24.3 Å². The normalized spacial score (nSPS) is 20.2. The highest BCUT2D eigenvalue weighted by Gasteiger charge is 2.33. The van der Waals surface area contributed by atoms with Crippen molar-refractivity contribution in [2.45, 2.75) is 41.9 Å². The fourth-order valence-corrected chi connectivity index (χ4v) is 4.33. The molecule has 7 nitrogen and oxygen atoms in total. The van der Waals surface area contributed by atoms with E-state index in [0.717, 1.165) is 10.6 Å². The van der Waals surface area contributed by atoms with Crippen molar-refractivity contribution in [1.82, 2.24) is 4.90 Å². The van der Waals surface area contributed by atoms with Crippen LogP contribution in [0.3, 0.4) is 0 Å². The van der Waals surface area contributed by atoms with Gasteiger partial charge in [-0.15, -0.1) is 11.8 Å². The van der Waals surface area contributed by atoms with Crippen molar-refractivity contribution in [3.8, 4) is 0 Å². The molecule has 8 heteroatoms. The fraction of sp³-hybridized carbons (Fsp3) is 0.500. The molecular weight excluding hydrogens is 356 g/mol. The molecule has 2 aliphatic rings. The van der Waals surface area contributed by atoms with Gasteiger partial charge in [0.15, 0.2) is 0 Å². The van der Waals surface area contributed by atoms with E-state index >= 15 is 0 Å². The molecular formula is C18H22N2O5S. The van der Waals surface area contributed by atoms with E-state index in [-0.39, 0.29) is 37.2 Å². The van der Waals surface area contributed by atoms with Crippen LogP contribution in [0.2, 0.25) is 0 Å². The number of carbonyl (C=O) groups excluding carboxylic acids is 2. The minimum Gasteiger partial charge on any atom is -0.481 e. The van der Waals surface area contributed by atoms with Gasteiger partial charge in [-0.1, -0.05) is 12.1 Å². The van der Waals surface area contributed by atoms with Gasteiger partial charge < -0.3 is 20.1 Å². The minimum atomic E-state index is -0.937. The summed E-state index contributed by atoms with van der Waals surface area (Å²) in [6.45, 7) is 1.29. The number of hydrogen-bond acceptors (Lipinski definition) is 5. The second kappa shape index (κ2) is 8.55. The number of anilines is 1. The van der Waals surface area contributed by atoms with Crippen molar-refractivity contribution in [3.63, 3.8) is 0 Å². The highest BCUT2D eigenvalue weighted by Crippen LogP contribution is 2.37. The predicted octanol–water partition coefficient (Wildman–Crippen LogP) is 1.97. The van der Waals surface area contributed by atoms with Gasteiger partial charge in [-0.25, -0.2) is 0 Å². The van der Waals surface area contributed by atoms with Crippen LogP contribution < -0.4 is 5.32 Å². The second-order valence-electron chi connectivity index (χ2n) is 6.37. The second-order valence-corrected chi connectivity index (χ2v) is 7.62. The molecule has 2 aliphatic heterocycles. The minimum absolute atomic E-state index is 0.0282. The molecule has 2 heterocycles. The summed E-state index contributed by atoms with van der Waals surface area (Å²) in [6, 6.07) is 7.46. The van der Waals surface area contributed by atoms with Crippen LogP contribution in [0.15, 0.2) is 29.2 Å². The molecule has 1 atom stereocenters. The monoisotopic (exact) mass is 378 g/mol. The topological polar surface area (TPSA) is 95.9 Å². The van der Waals surface area contributed by atoms with Gasteiger partial charge in [0, 0.05) is 37.1 Å². The number of nitrogens with one attached hydrogen (secondary N) is 1. The van der Waals surface area contributed by atoms with Crippen LogP contribution >= 0.6 is 11.8 Å². The summed E-state index contributed by atoms with van der Waals surface area (Å²) in [5.41, 5.74) is 0.762. The van der Waals surface area contributed by atoms with Crippen LogP contribution in [0.4, 0.5) is 5.69 Å². The molecule has 1 aromatic rings. The number of rotatable bonds is 6. The van der Waals surface area contributed by atoms with Crippen LogP contribution in [0.5, 0.6) is 0 Å². The Morgan fingerprint density at radius 1 is 1.27 bits per heavy atom. The molecule has 1 saturated heterocycles. The first-order chi connectivity index (χ1) is 12.5. The smallest absolute Gasteiger partial charge is 0.305 e. The highest BCUT2D eigenvalue weighted by atomic mass is 32.2. The van der Waals surface area contributed by atoms with Crippen LogP contribution in [0.1, 0.15) is 25.7 Å². The first-order valence-corrected chi connectivity index (χ1v) is 9.58. The SMILES string of the molecule is O=C(O)CCN(C(=O)C[C@@H]1Sc2ccccc2NC1=O)C1CCOCC1. The predicted molar refractivity (Wildman–Crippen MR) is 97.1 cm³/mol. The molecule has 3 rings (SSSR count). The lowest BCUT2D eigenvalue weighted by Gasteiger charge is -2.35. The van der Waals surface area contributed by atoms with Crippen molar-refractivity contribution in [2.24, 2.45) is 0 Å². The van der Waals surface area contributed by atoms with E-state index in [0.29, 0.717) is 26.1 Å². The van der Waals surface area contributed by atoms with Gasteiger partial charge in [0.1, 0.15) is 0 Å². The number of carboxylic acids is 1. The number of carbonyl (C=O) groups is 3. The lowest BCUT2D eigenvalue weighted by molar-refractivity contribution is -0.140. The largest absolute Gasteiger partial charge is 0.481 e. The average molecular weight is 378 g/mol. The van der Waals surface area contributed by atoms with Gasteiger partial charge in [0.25, 0.3) is 0 Å². The van der Waals surface area contributed by atoms with Gasteiger partial charge in [-0.3, -0.25) is 14.4 Å². The Labute approximate surface area is 156 Å². The zero-order valence-electron chi connectivity index (χ0n) is 14.3. The first kappa shape index (κ1) is 18.7. The van der Waals surface area contributed by atoms with E-state index in [2.05, 4.69) is 5.32 Å². The van der Waals surface area contributed by atoms with E-state index in [1.165, 1.54) is 11.8 Å². The number of carboxylic acid groups (broad SMARTS) is 1. The average Bonchev–Trinajstić information content (AvgIpc) is 2.63. The molecule has 0 aromatic heterocycles. The molecule has 1 aromatic carbocycles. The molecule has 2 amide bonds. The van der Waals surface area contributed by atoms with Gasteiger partial charge in [-0.2, -0.15) is 0 Å². The molecule has 26 heavy (non-hydrogen) atoms. The molecule has 2 N–H and O–H groups in total. The quantitative estimate of drug-likeness (QED) is 0.786. The number of benzene rings is 1. The van der Waals surface area contributed by atoms with Gasteiger partial charge >= 0.3 is 5.97 Å². The van der Waals surface area contributed by atoms with Crippen molar-refractivity contribution in [1.29, 1.82) is 0 Å². The van der Waals surface area contributed by atoms with Crippen molar-refractivity contribution in [3.05, 3.63) is 24.3 Å². The number of ether oxygens (including phenoxy) is 1. The molecule has 140 valence electrons. The third kappa shape index (κ3) is 4.56. The molecule has 0 spiro atoms. The van der Waals surface area contributed by atoms with Gasteiger partial charge in [-0.05, 0) is 25.0 Å². The van der Waals surface area contributed by atoms with Crippen LogP contribution in [-0.4, -0.2) is 58.8 Å². The Kier molecular flexibility index (Phi) is 6.16. The van der Waals surface area contributed by atoms with Crippen molar-refractivity contribution in [2.75, 3.05) is 25.1 Å². The summed E-state index contributed by atoms with van der Waals surface area (Å²) in [7, 11) is 0. The third-order valence-electron chi connectivity index (χ3n) is 4.59. The summed E-state index contributed by atoms with van der Waals surface area (Å²) in [4.78, 5) is 38.7. The number of thioether (sulfide) groups is 1. The van der Waals surface area contributed by atoms with Crippen LogP contribution in [0.25, 0.3) is 0 Å². The molecule has 1 fully saturated rings. The van der Waals surface area contributed by atoms with E-state index in [1.54, 1.807) is 4.90 Å². The Balaban J connectivity index is 1.68. The maximum atomic E-state index is 12.9. The summed E-state index contributed by atoms with van der Waals surface area (Å²) in [5.74, 6) is -1.30. The third-order valence-corrected chi connectivity index (χ3v) is 5.86. The fourth-order valence-electron chi connectivity index (χ4n) is 3.23. The Bertz CT molecular complexity index is 690. The molecule has 0 unspecified atom stereocenters. The zero-order chi connectivity index (χ0) is 18.5. The number of hydrogen-bond donors (Lipinski definition) is 2. The lowest BCUT2D eigenvalue weighted by Crippen LogP contribution is -2.46. The van der Waals surface area contributed by atoms with E-state index < -0.39 is 11.2 Å². The maximum Gasteiger partial charge on any atom is 0.305 e. The first-order valence-electron chi connectivity index (χ1n) is 8.70. The van der Waals surface area contributed by atoms with E-state index in [9.17, 15) is 14.4 Å². The van der Waals surface area contributed by atoms with Crippen molar-refractivity contribution < 1.29 is 24.2 Å². The standard InChI is InChI=1S/C18H22N2O5S/c21-16(20(8-5-17(22)23)12-6-9-25-10-7-12)11-15-18(24)19-13-3-1-2-4-14(13)26-15/h1-4,12,15H,5-11H2,(H,19,24)(H,22,23)/t15-/m0/s1. The summed E-state index contributed by atoms with van der Waals surface area (Å²) in [5, 5.41) is 11.3. The molecule has 0 radical (unpaired) electrons. The van der Waals surface area contributed by atoms with Gasteiger partial charge in [0.05, 0.1) is 17.4 Å². The molecule has 0 saturated carbocycles. The zero-order valence-corrected chi connectivity index (χ0v) is 15.2. The van der Waals surface area contributed by atoms with Crippen LogP contribution in [-0.2, 0) is 19.1 Å². The molecule has 0 aliphatic carbocycles. The molecule has 0 bridgehead atoms. The number of fused-ring (bicyclic) bond motifs is 1. The summed E-state index contributed by atoms with van der Waals surface area (Å²) < 4.78 is 5.34. The van der Waals surface area contributed by atoms with Crippen LogP contribution in [0, 0.1) is 0 Å². The number of nitrogens with zero attached hydrogens (tertiary/aromatic N) is 1. The maximum absolute atomic E-state index is 12.9. The Morgan fingerprint density at radius 2 is 2.00 bits per heavy atom. The highest BCUT2D eigenvalue weighted by molar-refractivity contribution is 8.01. The van der Waals surface area contributed by atoms with Crippen molar-refractivity contribution >= 4 is 35.2 Å². The van der Waals surface area contributed by atoms with Gasteiger partial charge in [0.2, 0.25) is 11.8 Å². The lowest BCUT2D eigenvalue weighted by atomic mass is 10.1. The summed E-state index contributed by atoms with van der Waals surface area (Å²) >= 11 is 1.38. The Hall–Kier alpha value is -2.06. The Morgan fingerprint density at radius 3 is 2.73 bits per heavy atom. The number of para-hydroxylation sites is 1. The number of amides is 2. The number of aliphatic carboxylic acids is 1. The van der Waals surface area contributed by atoms with E-state index in [4.69, 9.17) is 9.84 Å². The summed E-state index contributed by atoms with van der Waals surface area (Å²) in [6.07, 6.45) is 1.34.